The summed E-state index contributed by atoms with van der Waals surface area (Å²) in [5, 5.41) is 29.3. The Morgan fingerprint density at radius 2 is 1.95 bits per heavy atom. The molecule has 1 aromatic heterocycles. The number of nitro benzene ring substituents is 1. The van der Waals surface area contributed by atoms with Crippen molar-refractivity contribution in [2.24, 2.45) is 0 Å². The van der Waals surface area contributed by atoms with Crippen molar-refractivity contribution in [3.63, 3.8) is 0 Å². The average Bonchev–Trinajstić information content (AvgIpc) is 2.45. The number of nitrogens with zero attached hydrogens (tertiary/aromatic N) is 3. The molecule has 0 saturated carbocycles. The first kappa shape index (κ1) is 14.0. The van der Waals surface area contributed by atoms with Crippen LogP contribution < -0.4 is 5.56 Å². The molecule has 1 aromatic carbocycles. The van der Waals surface area contributed by atoms with Crippen LogP contribution in [0.5, 0.6) is 0 Å². The number of hydrogen-bond donors (Lipinski definition) is 1. The molecule has 2 rings (SSSR count). The highest BCUT2D eigenvalue weighted by Crippen LogP contribution is 2.33. The van der Waals surface area contributed by atoms with Crippen LogP contribution in [-0.2, 0) is 0 Å². The Labute approximate surface area is 118 Å². The number of nitriles is 2. The van der Waals surface area contributed by atoms with Crippen LogP contribution >= 0.6 is 0 Å². The molecule has 0 aliphatic rings. The number of hydrogen-bond acceptors (Lipinski definition) is 5. The fourth-order valence-electron chi connectivity index (χ4n) is 2.06. The van der Waals surface area contributed by atoms with Gasteiger partial charge in [-0.1, -0.05) is 6.07 Å². The number of aromatic amines is 1. The van der Waals surface area contributed by atoms with E-state index in [1.54, 1.807) is 19.1 Å². The summed E-state index contributed by atoms with van der Waals surface area (Å²) in [7, 11) is 0. The molecule has 0 atom stereocenters. The lowest BCUT2D eigenvalue weighted by Gasteiger charge is -2.07. The van der Waals surface area contributed by atoms with Crippen LogP contribution in [0.25, 0.3) is 11.1 Å². The minimum atomic E-state index is -0.689. The predicted octanol–water partition coefficient (Wildman–Crippen LogP) is 2.00. The van der Waals surface area contributed by atoms with Crippen LogP contribution in [0.1, 0.15) is 16.8 Å². The van der Waals surface area contributed by atoms with Crippen molar-refractivity contribution in [1.29, 1.82) is 10.5 Å². The number of H-pyrrole nitrogens is 1. The maximum absolute atomic E-state index is 11.8. The molecule has 0 radical (unpaired) electrons. The largest absolute Gasteiger partial charge is 0.325 e. The first-order valence-corrected chi connectivity index (χ1v) is 5.81. The van der Waals surface area contributed by atoms with Crippen molar-refractivity contribution in [3.8, 4) is 23.3 Å². The molecule has 0 aliphatic carbocycles. The van der Waals surface area contributed by atoms with Gasteiger partial charge in [-0.2, -0.15) is 10.5 Å². The van der Waals surface area contributed by atoms with E-state index in [9.17, 15) is 14.9 Å². The van der Waals surface area contributed by atoms with Crippen LogP contribution in [-0.4, -0.2) is 9.91 Å². The molecule has 2 aromatic rings. The van der Waals surface area contributed by atoms with Gasteiger partial charge in [0.25, 0.3) is 11.2 Å². The van der Waals surface area contributed by atoms with Crippen LogP contribution in [0.4, 0.5) is 5.69 Å². The van der Waals surface area contributed by atoms with Crippen molar-refractivity contribution in [2.45, 2.75) is 6.92 Å². The summed E-state index contributed by atoms with van der Waals surface area (Å²) in [6.45, 7) is 1.60. The zero-order chi connectivity index (χ0) is 15.6. The Morgan fingerprint density at radius 1 is 1.24 bits per heavy atom. The second-order valence-corrected chi connectivity index (χ2v) is 4.25. The maximum atomic E-state index is 11.8. The lowest BCUT2D eigenvalue weighted by atomic mass is 9.97. The smallest absolute Gasteiger partial charge is 0.294 e. The average molecular weight is 280 g/mol. The lowest BCUT2D eigenvalue weighted by Crippen LogP contribution is -2.13. The van der Waals surface area contributed by atoms with Gasteiger partial charge in [-0.15, -0.1) is 0 Å². The first-order valence-electron chi connectivity index (χ1n) is 5.81. The Kier molecular flexibility index (Phi) is 3.51. The van der Waals surface area contributed by atoms with E-state index >= 15 is 0 Å². The van der Waals surface area contributed by atoms with E-state index in [1.165, 1.54) is 24.3 Å². The molecule has 0 fully saturated rings. The summed E-state index contributed by atoms with van der Waals surface area (Å²) in [4.78, 5) is 24.8. The number of aryl methyl sites for hydroxylation is 1. The van der Waals surface area contributed by atoms with Crippen LogP contribution in [0.2, 0.25) is 0 Å². The molecule has 0 amide bonds. The Bertz CT molecular complexity index is 885. The number of rotatable bonds is 2. The maximum Gasteiger partial charge on any atom is 0.294 e. The third-order valence-electron chi connectivity index (χ3n) is 2.91. The van der Waals surface area contributed by atoms with Gasteiger partial charge in [-0.3, -0.25) is 14.9 Å². The van der Waals surface area contributed by atoms with Crippen LogP contribution in [0, 0.1) is 39.7 Å². The number of nitrogens with one attached hydrogen (secondary N) is 1. The van der Waals surface area contributed by atoms with Gasteiger partial charge >= 0.3 is 0 Å². The SMILES string of the molecule is Cc1cc(-c2cccc(C#N)c2[N+](=O)[O-])c(C#N)c(=O)[nH]1. The second-order valence-electron chi connectivity index (χ2n) is 4.25. The van der Waals surface area contributed by atoms with E-state index in [0.29, 0.717) is 5.69 Å². The second kappa shape index (κ2) is 5.27. The highest BCUT2D eigenvalue weighted by atomic mass is 16.6. The van der Waals surface area contributed by atoms with Crippen molar-refractivity contribution in [2.75, 3.05) is 0 Å². The molecule has 0 bridgehead atoms. The minimum Gasteiger partial charge on any atom is -0.325 e. The standard InChI is InChI=1S/C14H8N4O3/c1-8-5-11(12(7-16)14(19)17-8)10-4-2-3-9(6-15)13(10)18(20)21/h2-5H,1H3,(H,17,19). The van der Waals surface area contributed by atoms with Crippen molar-refractivity contribution < 1.29 is 4.92 Å². The van der Waals surface area contributed by atoms with Gasteiger partial charge in [0.05, 0.1) is 10.5 Å². The van der Waals surface area contributed by atoms with Gasteiger partial charge in [0, 0.05) is 11.3 Å². The molecule has 0 unspecified atom stereocenters. The molecule has 7 nitrogen and oxygen atoms in total. The molecule has 0 spiro atoms. The van der Waals surface area contributed by atoms with E-state index in [-0.39, 0.29) is 22.3 Å². The Morgan fingerprint density at radius 3 is 2.52 bits per heavy atom. The molecule has 1 heterocycles. The number of nitro groups is 1. The van der Waals surface area contributed by atoms with E-state index in [4.69, 9.17) is 10.5 Å². The highest BCUT2D eigenvalue weighted by Gasteiger charge is 2.23. The quantitative estimate of drug-likeness (QED) is 0.665. The summed E-state index contributed by atoms with van der Waals surface area (Å²) in [6, 6.07) is 9.16. The number of benzene rings is 1. The molecule has 0 saturated heterocycles. The predicted molar refractivity (Wildman–Crippen MR) is 73.3 cm³/mol. The summed E-state index contributed by atoms with van der Waals surface area (Å²) >= 11 is 0. The highest BCUT2D eigenvalue weighted by molar-refractivity contribution is 5.80. The van der Waals surface area contributed by atoms with Crippen LogP contribution in [0.3, 0.4) is 0 Å². The van der Waals surface area contributed by atoms with E-state index in [0.717, 1.165) is 0 Å². The van der Waals surface area contributed by atoms with Crippen molar-refractivity contribution in [1.82, 2.24) is 4.98 Å². The molecule has 0 aliphatic heterocycles. The normalized spacial score (nSPS) is 9.67. The molecule has 7 heteroatoms. The van der Waals surface area contributed by atoms with Crippen molar-refractivity contribution in [3.05, 3.63) is 61.6 Å². The topological polar surface area (TPSA) is 124 Å². The molecule has 102 valence electrons. The molecular weight excluding hydrogens is 272 g/mol. The summed E-state index contributed by atoms with van der Waals surface area (Å²) in [5.41, 5.74) is -0.707. The van der Waals surface area contributed by atoms with Gasteiger partial charge in [0.1, 0.15) is 23.3 Å². The van der Waals surface area contributed by atoms with E-state index < -0.39 is 16.2 Å². The summed E-state index contributed by atoms with van der Waals surface area (Å²) in [5.74, 6) is 0. The minimum absolute atomic E-state index is 0.0739. The van der Waals surface area contributed by atoms with Gasteiger partial charge in [0.15, 0.2) is 0 Å². The third kappa shape index (κ3) is 2.36. The molecule has 1 N–H and O–H groups in total. The zero-order valence-corrected chi connectivity index (χ0v) is 10.9. The van der Waals surface area contributed by atoms with Gasteiger partial charge in [-0.05, 0) is 25.1 Å². The van der Waals surface area contributed by atoms with E-state index in [2.05, 4.69) is 4.98 Å². The zero-order valence-electron chi connectivity index (χ0n) is 10.9. The number of pyridine rings is 1. The molecule has 21 heavy (non-hydrogen) atoms. The fraction of sp³-hybridized carbons (Fsp3) is 0.0714. The van der Waals surface area contributed by atoms with E-state index in [1.807, 2.05) is 0 Å². The Hall–Kier alpha value is -3.45. The third-order valence-corrected chi connectivity index (χ3v) is 2.91. The number of aromatic nitrogens is 1. The van der Waals surface area contributed by atoms with Crippen LogP contribution in [0.15, 0.2) is 29.1 Å². The first-order chi connectivity index (χ1) is 9.99. The summed E-state index contributed by atoms with van der Waals surface area (Å²) in [6.07, 6.45) is 0. The van der Waals surface area contributed by atoms with Gasteiger partial charge in [0.2, 0.25) is 0 Å². The Balaban J connectivity index is 2.94. The van der Waals surface area contributed by atoms with Crippen molar-refractivity contribution >= 4 is 5.69 Å². The lowest BCUT2D eigenvalue weighted by molar-refractivity contribution is -0.384. The number of para-hydroxylation sites is 1. The fourth-order valence-corrected chi connectivity index (χ4v) is 2.06. The van der Waals surface area contributed by atoms with Gasteiger partial charge in [-0.25, -0.2) is 0 Å². The van der Waals surface area contributed by atoms with Gasteiger partial charge < -0.3 is 4.98 Å². The summed E-state index contributed by atoms with van der Waals surface area (Å²) < 4.78 is 0. The monoisotopic (exact) mass is 280 g/mol. The molecular formula is C14H8N4O3.